The normalized spacial score (nSPS) is 11.0. The minimum absolute atomic E-state index is 0.480. The lowest BCUT2D eigenvalue weighted by Gasteiger charge is -2.01. The first-order valence-corrected chi connectivity index (χ1v) is 7.00. The maximum Gasteiger partial charge on any atom is 0.274 e. The van der Waals surface area contributed by atoms with E-state index in [9.17, 15) is 0 Å². The first kappa shape index (κ1) is 11.7. The van der Waals surface area contributed by atoms with Crippen LogP contribution in [-0.2, 0) is 13.7 Å². The van der Waals surface area contributed by atoms with Crippen molar-refractivity contribution in [2.45, 2.75) is 6.61 Å². The minimum Gasteiger partial charge on any atom is -0.464 e. The molecule has 0 unspecified atom stereocenters. The third kappa shape index (κ3) is 2.13. The molecule has 0 fully saturated rings. The molecular weight excluding hydrogens is 314 g/mol. The third-order valence-corrected chi connectivity index (χ3v) is 4.19. The Morgan fingerprint density at radius 1 is 1.39 bits per heavy atom. The lowest BCUT2D eigenvalue weighted by molar-refractivity contribution is 0.294. The van der Waals surface area contributed by atoms with Gasteiger partial charge in [-0.1, -0.05) is 17.4 Å². The lowest BCUT2D eigenvalue weighted by Crippen LogP contribution is -2.02. The summed E-state index contributed by atoms with van der Waals surface area (Å²) in [6.07, 6.45) is 1.76. The van der Waals surface area contributed by atoms with Crippen LogP contribution in [0.2, 0.25) is 0 Å². The zero-order valence-electron chi connectivity index (χ0n) is 9.63. The predicted molar refractivity (Wildman–Crippen MR) is 74.9 cm³/mol. The van der Waals surface area contributed by atoms with Crippen molar-refractivity contribution in [1.82, 2.24) is 14.8 Å². The van der Waals surface area contributed by atoms with E-state index in [0.717, 1.165) is 20.4 Å². The largest absolute Gasteiger partial charge is 0.464 e. The fraction of sp³-hybridized carbons (Fsp3) is 0.167. The number of aromatic nitrogens is 3. The molecule has 1 aromatic carbocycles. The van der Waals surface area contributed by atoms with Crippen LogP contribution in [0, 0.1) is 0 Å². The number of rotatable bonds is 3. The molecule has 0 spiro atoms. The van der Waals surface area contributed by atoms with Crippen molar-refractivity contribution in [3.63, 3.8) is 0 Å². The maximum absolute atomic E-state index is 5.70. The molecule has 92 valence electrons. The maximum atomic E-state index is 5.70. The summed E-state index contributed by atoms with van der Waals surface area (Å²) < 4.78 is 9.60. The molecular formula is C12H10BrN3OS. The Balaban J connectivity index is 1.83. The van der Waals surface area contributed by atoms with Gasteiger partial charge in [0.15, 0.2) is 0 Å². The standard InChI is InChI=1S/C12H10BrN3OS/c1-16-8(5-6-14-16)7-17-12-15-11-9(13)3-2-4-10(11)18-12/h2-6H,7H2,1H3. The van der Waals surface area contributed by atoms with E-state index >= 15 is 0 Å². The van der Waals surface area contributed by atoms with Gasteiger partial charge in [0.05, 0.1) is 15.9 Å². The number of hydrogen-bond acceptors (Lipinski definition) is 4. The quantitative estimate of drug-likeness (QED) is 0.742. The van der Waals surface area contributed by atoms with Crippen molar-refractivity contribution in [2.75, 3.05) is 0 Å². The van der Waals surface area contributed by atoms with E-state index in [1.807, 2.05) is 31.3 Å². The van der Waals surface area contributed by atoms with Crippen LogP contribution in [-0.4, -0.2) is 14.8 Å². The van der Waals surface area contributed by atoms with E-state index in [1.165, 1.54) is 0 Å². The van der Waals surface area contributed by atoms with E-state index in [1.54, 1.807) is 22.2 Å². The third-order valence-electron chi connectivity index (χ3n) is 2.62. The molecule has 3 rings (SSSR count). The summed E-state index contributed by atoms with van der Waals surface area (Å²) in [4.78, 5) is 4.46. The number of halogens is 1. The SMILES string of the molecule is Cn1nccc1COc1nc2c(Br)cccc2s1. The van der Waals surface area contributed by atoms with Crippen LogP contribution < -0.4 is 4.74 Å². The van der Waals surface area contributed by atoms with Gasteiger partial charge in [-0.05, 0) is 34.1 Å². The van der Waals surface area contributed by atoms with Gasteiger partial charge in [-0.2, -0.15) is 5.10 Å². The Bertz CT molecular complexity index is 692. The van der Waals surface area contributed by atoms with Crippen LogP contribution in [0.15, 0.2) is 34.9 Å². The molecule has 0 aliphatic rings. The molecule has 0 saturated heterocycles. The van der Waals surface area contributed by atoms with Crippen LogP contribution in [0.4, 0.5) is 0 Å². The molecule has 0 aliphatic carbocycles. The molecule has 0 bridgehead atoms. The van der Waals surface area contributed by atoms with Crippen molar-refractivity contribution in [1.29, 1.82) is 0 Å². The molecule has 0 N–H and O–H groups in total. The molecule has 6 heteroatoms. The van der Waals surface area contributed by atoms with Gasteiger partial charge in [0, 0.05) is 17.7 Å². The first-order valence-electron chi connectivity index (χ1n) is 5.39. The number of fused-ring (bicyclic) bond motifs is 1. The van der Waals surface area contributed by atoms with Crippen LogP contribution in [0.25, 0.3) is 10.2 Å². The van der Waals surface area contributed by atoms with Gasteiger partial charge in [0.2, 0.25) is 0 Å². The van der Waals surface area contributed by atoms with Crippen LogP contribution in [0.3, 0.4) is 0 Å². The Labute approximate surface area is 116 Å². The second-order valence-corrected chi connectivity index (χ2v) is 5.65. The van der Waals surface area contributed by atoms with Gasteiger partial charge in [-0.25, -0.2) is 4.98 Å². The fourth-order valence-electron chi connectivity index (χ4n) is 1.63. The summed E-state index contributed by atoms with van der Waals surface area (Å²) in [5.41, 5.74) is 1.97. The van der Waals surface area contributed by atoms with Crippen molar-refractivity contribution in [2.24, 2.45) is 7.05 Å². The van der Waals surface area contributed by atoms with E-state index < -0.39 is 0 Å². The second kappa shape index (κ2) is 4.70. The fourth-order valence-corrected chi connectivity index (χ4v) is 3.06. The summed E-state index contributed by atoms with van der Waals surface area (Å²) in [7, 11) is 1.90. The monoisotopic (exact) mass is 323 g/mol. The number of hydrogen-bond donors (Lipinski definition) is 0. The highest BCUT2D eigenvalue weighted by molar-refractivity contribution is 9.10. The average Bonchev–Trinajstić information content (AvgIpc) is 2.93. The van der Waals surface area contributed by atoms with Crippen molar-refractivity contribution in [3.8, 4) is 5.19 Å². The highest BCUT2D eigenvalue weighted by Gasteiger charge is 2.08. The van der Waals surface area contributed by atoms with Gasteiger partial charge >= 0.3 is 0 Å². The van der Waals surface area contributed by atoms with Crippen molar-refractivity contribution >= 4 is 37.5 Å². The number of para-hydroxylation sites is 1. The summed E-state index contributed by atoms with van der Waals surface area (Å²) in [5, 5.41) is 4.78. The number of nitrogens with zero attached hydrogens (tertiary/aromatic N) is 3. The minimum atomic E-state index is 0.480. The molecule has 2 aromatic heterocycles. The highest BCUT2D eigenvalue weighted by atomic mass is 79.9. The Morgan fingerprint density at radius 3 is 3.00 bits per heavy atom. The summed E-state index contributed by atoms with van der Waals surface area (Å²) >= 11 is 5.03. The van der Waals surface area contributed by atoms with Crippen LogP contribution >= 0.6 is 27.3 Å². The van der Waals surface area contributed by atoms with Gasteiger partial charge in [-0.3, -0.25) is 4.68 Å². The summed E-state index contributed by atoms with van der Waals surface area (Å²) in [5.74, 6) is 0. The molecule has 0 radical (unpaired) electrons. The predicted octanol–water partition coefficient (Wildman–Crippen LogP) is 3.37. The molecule has 0 saturated carbocycles. The van der Waals surface area contributed by atoms with Crippen LogP contribution in [0.5, 0.6) is 5.19 Å². The molecule has 4 nitrogen and oxygen atoms in total. The number of ether oxygens (including phenoxy) is 1. The summed E-state index contributed by atoms with van der Waals surface area (Å²) in [6.45, 7) is 0.480. The zero-order valence-corrected chi connectivity index (χ0v) is 12.0. The number of aryl methyl sites for hydroxylation is 1. The molecule has 18 heavy (non-hydrogen) atoms. The topological polar surface area (TPSA) is 39.9 Å². The average molecular weight is 324 g/mol. The van der Waals surface area contributed by atoms with Gasteiger partial charge in [-0.15, -0.1) is 0 Å². The molecule has 2 heterocycles. The lowest BCUT2D eigenvalue weighted by atomic mass is 10.3. The first-order chi connectivity index (χ1) is 8.74. The Morgan fingerprint density at radius 2 is 2.28 bits per heavy atom. The van der Waals surface area contributed by atoms with Crippen LogP contribution in [0.1, 0.15) is 5.69 Å². The van der Waals surface area contributed by atoms with Gasteiger partial charge in [0.25, 0.3) is 5.19 Å². The Kier molecular flexibility index (Phi) is 3.05. The molecule has 0 amide bonds. The van der Waals surface area contributed by atoms with Crippen molar-refractivity contribution in [3.05, 3.63) is 40.6 Å². The molecule has 0 atom stereocenters. The number of thiazole rings is 1. The summed E-state index contributed by atoms with van der Waals surface area (Å²) in [6, 6.07) is 7.94. The van der Waals surface area contributed by atoms with E-state index in [0.29, 0.717) is 11.8 Å². The molecule has 3 aromatic rings. The zero-order chi connectivity index (χ0) is 12.5. The highest BCUT2D eigenvalue weighted by Crippen LogP contribution is 2.32. The van der Waals surface area contributed by atoms with E-state index in [4.69, 9.17) is 4.74 Å². The Hall–Kier alpha value is -1.40. The number of benzene rings is 1. The van der Waals surface area contributed by atoms with E-state index in [-0.39, 0.29) is 0 Å². The molecule has 0 aliphatic heterocycles. The van der Waals surface area contributed by atoms with Gasteiger partial charge in [0.1, 0.15) is 6.61 Å². The van der Waals surface area contributed by atoms with E-state index in [2.05, 4.69) is 26.0 Å². The van der Waals surface area contributed by atoms with Gasteiger partial charge < -0.3 is 4.74 Å². The smallest absolute Gasteiger partial charge is 0.274 e. The second-order valence-electron chi connectivity index (χ2n) is 3.80. The van der Waals surface area contributed by atoms with Crippen molar-refractivity contribution < 1.29 is 4.74 Å².